The van der Waals surface area contributed by atoms with Crippen molar-refractivity contribution in [2.75, 3.05) is 0 Å². The van der Waals surface area contributed by atoms with E-state index in [9.17, 15) is 0 Å². The highest BCUT2D eigenvalue weighted by atomic mass is 14.2. The summed E-state index contributed by atoms with van der Waals surface area (Å²) < 4.78 is 0. The summed E-state index contributed by atoms with van der Waals surface area (Å²) in [6, 6.07) is 0. The summed E-state index contributed by atoms with van der Waals surface area (Å²) in [6.07, 6.45) is 19.1. The SMILES string of the molecule is C\C=C/C=C\C(=C\CCC1CC1)CCC. The molecule has 1 fully saturated rings. The van der Waals surface area contributed by atoms with E-state index in [4.69, 9.17) is 0 Å². The lowest BCUT2D eigenvalue weighted by atomic mass is 10.1. The van der Waals surface area contributed by atoms with Crippen LogP contribution >= 0.6 is 0 Å². The van der Waals surface area contributed by atoms with Gasteiger partial charge in [-0.3, -0.25) is 0 Å². The van der Waals surface area contributed by atoms with Crippen LogP contribution < -0.4 is 0 Å². The van der Waals surface area contributed by atoms with Crippen molar-refractivity contribution in [2.45, 2.75) is 52.4 Å². The third-order valence-electron chi connectivity index (χ3n) is 2.83. The first kappa shape index (κ1) is 12.3. The van der Waals surface area contributed by atoms with Gasteiger partial charge in [0.1, 0.15) is 0 Å². The van der Waals surface area contributed by atoms with Gasteiger partial charge in [0.25, 0.3) is 0 Å². The quantitative estimate of drug-likeness (QED) is 0.510. The highest BCUT2D eigenvalue weighted by Gasteiger charge is 2.19. The Morgan fingerprint density at radius 3 is 2.67 bits per heavy atom. The first-order valence-electron chi connectivity index (χ1n) is 6.35. The van der Waals surface area contributed by atoms with Crippen LogP contribution in [0.25, 0.3) is 0 Å². The average molecular weight is 204 g/mol. The molecule has 1 aliphatic carbocycles. The van der Waals surface area contributed by atoms with Crippen LogP contribution in [0.15, 0.2) is 36.0 Å². The molecule has 15 heavy (non-hydrogen) atoms. The Morgan fingerprint density at radius 1 is 1.27 bits per heavy atom. The average Bonchev–Trinajstić information content (AvgIpc) is 3.02. The molecule has 1 rings (SSSR count). The summed E-state index contributed by atoms with van der Waals surface area (Å²) in [6.45, 7) is 4.30. The fourth-order valence-corrected chi connectivity index (χ4v) is 1.74. The van der Waals surface area contributed by atoms with Gasteiger partial charge in [0.15, 0.2) is 0 Å². The summed E-state index contributed by atoms with van der Waals surface area (Å²) >= 11 is 0. The first-order valence-corrected chi connectivity index (χ1v) is 6.35. The van der Waals surface area contributed by atoms with Crippen LogP contribution in [0, 0.1) is 5.92 Å². The van der Waals surface area contributed by atoms with Gasteiger partial charge in [-0.25, -0.2) is 0 Å². The highest BCUT2D eigenvalue weighted by molar-refractivity contribution is 5.22. The van der Waals surface area contributed by atoms with Crippen molar-refractivity contribution in [2.24, 2.45) is 5.92 Å². The molecule has 0 unspecified atom stereocenters. The minimum atomic E-state index is 1.06. The highest BCUT2D eigenvalue weighted by Crippen LogP contribution is 2.33. The van der Waals surface area contributed by atoms with E-state index in [-0.39, 0.29) is 0 Å². The molecule has 0 bridgehead atoms. The number of rotatable bonds is 7. The minimum absolute atomic E-state index is 1.06. The zero-order valence-electron chi connectivity index (χ0n) is 10.2. The van der Waals surface area contributed by atoms with Crippen molar-refractivity contribution in [3.8, 4) is 0 Å². The lowest BCUT2D eigenvalue weighted by Gasteiger charge is -1.99. The molecule has 1 saturated carbocycles. The third kappa shape index (κ3) is 6.33. The molecule has 0 aromatic heterocycles. The van der Waals surface area contributed by atoms with Gasteiger partial charge in [0.2, 0.25) is 0 Å². The first-order chi connectivity index (χ1) is 7.36. The van der Waals surface area contributed by atoms with E-state index >= 15 is 0 Å². The number of hydrogen-bond donors (Lipinski definition) is 0. The molecular weight excluding hydrogens is 180 g/mol. The van der Waals surface area contributed by atoms with Crippen LogP contribution in [-0.4, -0.2) is 0 Å². The second kappa shape index (κ2) is 7.50. The molecule has 0 spiro atoms. The summed E-state index contributed by atoms with van der Waals surface area (Å²) in [5, 5.41) is 0. The standard InChI is InChI=1S/C15H24/c1-3-5-6-9-14(8-4-2)10-7-11-15-12-13-15/h3,5-6,9-10,15H,4,7-8,11-13H2,1-2H3/b5-3-,9-6-,14-10+. The second-order valence-electron chi connectivity index (χ2n) is 4.43. The molecule has 0 atom stereocenters. The predicted octanol–water partition coefficient (Wildman–Crippen LogP) is 5.04. The fraction of sp³-hybridized carbons (Fsp3) is 0.600. The minimum Gasteiger partial charge on any atom is -0.0877 e. The topological polar surface area (TPSA) is 0 Å². The lowest BCUT2D eigenvalue weighted by Crippen LogP contribution is -1.80. The smallest absolute Gasteiger partial charge is 0.0285 e. The molecule has 0 amide bonds. The molecule has 0 radical (unpaired) electrons. The monoisotopic (exact) mass is 204 g/mol. The molecule has 0 aromatic rings. The Kier molecular flexibility index (Phi) is 6.15. The van der Waals surface area contributed by atoms with E-state index < -0.39 is 0 Å². The van der Waals surface area contributed by atoms with Crippen molar-refractivity contribution >= 4 is 0 Å². The number of hydrogen-bond acceptors (Lipinski definition) is 0. The van der Waals surface area contributed by atoms with Crippen molar-refractivity contribution in [1.82, 2.24) is 0 Å². The zero-order chi connectivity index (χ0) is 10.9. The largest absolute Gasteiger partial charge is 0.0877 e. The van der Waals surface area contributed by atoms with Gasteiger partial charge >= 0.3 is 0 Å². The van der Waals surface area contributed by atoms with E-state index in [0.29, 0.717) is 0 Å². The molecule has 0 nitrogen and oxygen atoms in total. The summed E-state index contributed by atoms with van der Waals surface area (Å²) in [4.78, 5) is 0. The van der Waals surface area contributed by atoms with Crippen LogP contribution in [-0.2, 0) is 0 Å². The maximum absolute atomic E-state index is 2.43. The lowest BCUT2D eigenvalue weighted by molar-refractivity contribution is 0.737. The normalized spacial score (nSPS) is 18.1. The molecule has 1 aliphatic rings. The maximum atomic E-state index is 2.43. The van der Waals surface area contributed by atoms with Gasteiger partial charge in [0.05, 0.1) is 0 Å². The molecule has 0 aliphatic heterocycles. The molecular formula is C15H24. The van der Waals surface area contributed by atoms with Gasteiger partial charge in [-0.05, 0) is 32.1 Å². The van der Waals surface area contributed by atoms with Crippen LogP contribution in [0.1, 0.15) is 52.4 Å². The van der Waals surface area contributed by atoms with E-state index in [1.165, 1.54) is 44.1 Å². The van der Waals surface area contributed by atoms with Gasteiger partial charge in [-0.1, -0.05) is 62.1 Å². The van der Waals surface area contributed by atoms with Crippen LogP contribution in [0.4, 0.5) is 0 Å². The van der Waals surface area contributed by atoms with Gasteiger partial charge in [-0.2, -0.15) is 0 Å². The van der Waals surface area contributed by atoms with E-state index in [1.54, 1.807) is 0 Å². The molecule has 0 heterocycles. The maximum Gasteiger partial charge on any atom is -0.0285 e. The number of allylic oxidation sites excluding steroid dienone is 6. The molecule has 0 heteroatoms. The van der Waals surface area contributed by atoms with Crippen LogP contribution in [0.3, 0.4) is 0 Å². The third-order valence-corrected chi connectivity index (χ3v) is 2.83. The van der Waals surface area contributed by atoms with Crippen molar-refractivity contribution in [3.05, 3.63) is 36.0 Å². The Balaban J connectivity index is 2.31. The second-order valence-corrected chi connectivity index (χ2v) is 4.43. The van der Waals surface area contributed by atoms with Gasteiger partial charge in [-0.15, -0.1) is 0 Å². The molecule has 0 saturated heterocycles. The predicted molar refractivity (Wildman–Crippen MR) is 68.9 cm³/mol. The van der Waals surface area contributed by atoms with Gasteiger partial charge in [0, 0.05) is 0 Å². The fourth-order valence-electron chi connectivity index (χ4n) is 1.74. The Morgan fingerprint density at radius 2 is 2.07 bits per heavy atom. The summed E-state index contributed by atoms with van der Waals surface area (Å²) in [5.41, 5.74) is 1.51. The van der Waals surface area contributed by atoms with E-state index in [1.807, 2.05) is 0 Å². The Hall–Kier alpha value is -0.780. The Labute approximate surface area is 94.8 Å². The van der Waals surface area contributed by atoms with Crippen LogP contribution in [0.2, 0.25) is 0 Å². The molecule has 0 aromatic carbocycles. The van der Waals surface area contributed by atoms with Crippen LogP contribution in [0.5, 0.6) is 0 Å². The van der Waals surface area contributed by atoms with Gasteiger partial charge < -0.3 is 0 Å². The summed E-state index contributed by atoms with van der Waals surface area (Å²) in [7, 11) is 0. The van der Waals surface area contributed by atoms with Crippen molar-refractivity contribution < 1.29 is 0 Å². The summed E-state index contributed by atoms with van der Waals surface area (Å²) in [5.74, 6) is 1.06. The van der Waals surface area contributed by atoms with E-state index in [2.05, 4.69) is 44.2 Å². The van der Waals surface area contributed by atoms with Crippen molar-refractivity contribution in [1.29, 1.82) is 0 Å². The van der Waals surface area contributed by atoms with Crippen molar-refractivity contribution in [3.63, 3.8) is 0 Å². The van der Waals surface area contributed by atoms with E-state index in [0.717, 1.165) is 5.92 Å². The molecule has 0 N–H and O–H groups in total. The zero-order valence-corrected chi connectivity index (χ0v) is 10.2. The Bertz CT molecular complexity index is 239. The molecule has 84 valence electrons.